The Morgan fingerprint density at radius 2 is 1.72 bits per heavy atom. The summed E-state index contributed by atoms with van der Waals surface area (Å²) in [6.45, 7) is 1.83. The number of hydrogen-bond donors (Lipinski definition) is 2. The Labute approximate surface area is 213 Å². The first kappa shape index (κ1) is 26.7. The highest BCUT2D eigenvalue weighted by Gasteiger charge is 2.30. The number of para-hydroxylation sites is 1. The van der Waals surface area contributed by atoms with Crippen LogP contribution in [0.15, 0.2) is 76.3 Å². The van der Waals surface area contributed by atoms with Gasteiger partial charge >= 0.3 is 6.18 Å². The number of amides is 2. The van der Waals surface area contributed by atoms with Crippen LogP contribution in [0.25, 0.3) is 0 Å². The fraction of sp³-hybridized carbons (Fsp3) is 0.160. The molecule has 0 heterocycles. The molecule has 3 aromatic rings. The SMILES string of the molecule is CCOc1cc(/C=N\NC(=O)c2cccc(C(F)(F)F)c2)c(Br)cc1OCC(=O)Nc1ccccc1. The van der Waals surface area contributed by atoms with Crippen molar-refractivity contribution >= 4 is 39.6 Å². The Balaban J connectivity index is 1.67. The van der Waals surface area contributed by atoms with Gasteiger partial charge in [-0.25, -0.2) is 5.43 Å². The zero-order valence-electron chi connectivity index (χ0n) is 18.9. The van der Waals surface area contributed by atoms with Crippen LogP contribution in [0, 0.1) is 0 Å². The van der Waals surface area contributed by atoms with Gasteiger partial charge in [-0.05, 0) is 65.3 Å². The van der Waals surface area contributed by atoms with Crippen LogP contribution >= 0.6 is 15.9 Å². The second-order valence-corrected chi connectivity index (χ2v) is 8.09. The van der Waals surface area contributed by atoms with E-state index in [1.54, 1.807) is 43.3 Å². The van der Waals surface area contributed by atoms with E-state index in [1.807, 2.05) is 6.07 Å². The van der Waals surface area contributed by atoms with E-state index in [0.717, 1.165) is 18.2 Å². The average Bonchev–Trinajstić information content (AvgIpc) is 2.85. The smallest absolute Gasteiger partial charge is 0.416 e. The molecule has 0 unspecified atom stereocenters. The van der Waals surface area contributed by atoms with Crippen LogP contribution in [0.5, 0.6) is 11.5 Å². The maximum absolute atomic E-state index is 12.9. The van der Waals surface area contributed by atoms with E-state index in [4.69, 9.17) is 9.47 Å². The average molecular weight is 564 g/mol. The second kappa shape index (κ2) is 12.2. The number of hydrazone groups is 1. The number of ether oxygens (including phenoxy) is 2. The van der Waals surface area contributed by atoms with Crippen LogP contribution in [0.2, 0.25) is 0 Å². The van der Waals surface area contributed by atoms with Gasteiger partial charge in [0.1, 0.15) is 0 Å². The van der Waals surface area contributed by atoms with Crippen molar-refractivity contribution < 1.29 is 32.2 Å². The van der Waals surface area contributed by atoms with Gasteiger partial charge < -0.3 is 14.8 Å². The maximum Gasteiger partial charge on any atom is 0.416 e. The number of carbonyl (C=O) groups is 2. The topological polar surface area (TPSA) is 89.0 Å². The van der Waals surface area contributed by atoms with Crippen LogP contribution in [-0.2, 0) is 11.0 Å². The molecule has 0 atom stereocenters. The Bertz CT molecular complexity index is 1250. The molecule has 0 bridgehead atoms. The van der Waals surface area contributed by atoms with Crippen LogP contribution < -0.4 is 20.2 Å². The fourth-order valence-corrected chi connectivity index (χ4v) is 3.38. The zero-order chi connectivity index (χ0) is 26.1. The van der Waals surface area contributed by atoms with Crippen LogP contribution in [-0.4, -0.2) is 31.2 Å². The number of benzene rings is 3. The van der Waals surface area contributed by atoms with Gasteiger partial charge in [0.2, 0.25) is 0 Å². The molecule has 3 rings (SSSR count). The molecule has 0 aromatic heterocycles. The van der Waals surface area contributed by atoms with Crippen molar-refractivity contribution in [2.45, 2.75) is 13.1 Å². The van der Waals surface area contributed by atoms with Crippen molar-refractivity contribution in [2.75, 3.05) is 18.5 Å². The summed E-state index contributed by atoms with van der Waals surface area (Å²) in [5.74, 6) is -0.526. The van der Waals surface area contributed by atoms with Gasteiger partial charge in [-0.3, -0.25) is 9.59 Å². The second-order valence-electron chi connectivity index (χ2n) is 7.23. The quantitative estimate of drug-likeness (QED) is 0.260. The summed E-state index contributed by atoms with van der Waals surface area (Å²) < 4.78 is 50.3. The van der Waals surface area contributed by atoms with Crippen molar-refractivity contribution in [3.63, 3.8) is 0 Å². The van der Waals surface area contributed by atoms with Crippen LogP contribution in [0.3, 0.4) is 0 Å². The lowest BCUT2D eigenvalue weighted by atomic mass is 10.1. The number of anilines is 1. The normalized spacial score (nSPS) is 11.2. The molecule has 0 saturated carbocycles. The summed E-state index contributed by atoms with van der Waals surface area (Å²) in [7, 11) is 0. The predicted octanol–water partition coefficient (Wildman–Crippen LogP) is 5.65. The van der Waals surface area contributed by atoms with Gasteiger partial charge in [-0.1, -0.05) is 24.3 Å². The molecule has 0 aliphatic rings. The highest BCUT2D eigenvalue weighted by Crippen LogP contribution is 2.33. The highest BCUT2D eigenvalue weighted by atomic mass is 79.9. The number of nitrogens with zero attached hydrogens (tertiary/aromatic N) is 1. The standard InChI is InChI=1S/C25H21BrF3N3O4/c1-2-35-21-12-17(14-30-32-24(34)16-7-6-8-18(11-16)25(27,28)29)20(26)13-22(21)36-15-23(33)31-19-9-4-3-5-10-19/h3-14H,2,15H2,1H3,(H,31,33)(H,32,34)/b30-14-. The molecule has 0 fully saturated rings. The number of carbonyl (C=O) groups excluding carboxylic acids is 2. The van der Waals surface area contributed by atoms with E-state index in [-0.39, 0.29) is 18.1 Å². The van der Waals surface area contributed by atoms with Gasteiger partial charge in [0, 0.05) is 21.3 Å². The Hall–Kier alpha value is -3.86. The van der Waals surface area contributed by atoms with Crippen LogP contribution in [0.4, 0.5) is 18.9 Å². The third-order valence-corrected chi connectivity index (χ3v) is 5.29. The van der Waals surface area contributed by atoms with E-state index in [2.05, 4.69) is 31.8 Å². The molecular weight excluding hydrogens is 543 g/mol. The highest BCUT2D eigenvalue weighted by molar-refractivity contribution is 9.10. The molecule has 0 spiro atoms. The summed E-state index contributed by atoms with van der Waals surface area (Å²) in [5, 5.41) is 6.54. The van der Waals surface area contributed by atoms with Gasteiger partial charge in [-0.15, -0.1) is 0 Å². The first-order chi connectivity index (χ1) is 17.2. The fourth-order valence-electron chi connectivity index (χ4n) is 2.95. The molecule has 36 heavy (non-hydrogen) atoms. The minimum Gasteiger partial charge on any atom is -0.490 e. The third-order valence-electron chi connectivity index (χ3n) is 4.60. The first-order valence-electron chi connectivity index (χ1n) is 10.6. The molecular formula is C25H21BrF3N3O4. The molecule has 7 nitrogen and oxygen atoms in total. The molecule has 3 aromatic carbocycles. The number of rotatable bonds is 9. The summed E-state index contributed by atoms with van der Waals surface area (Å²) >= 11 is 3.37. The lowest BCUT2D eigenvalue weighted by Gasteiger charge is -2.14. The van der Waals surface area contributed by atoms with E-state index in [9.17, 15) is 22.8 Å². The van der Waals surface area contributed by atoms with E-state index < -0.39 is 17.6 Å². The summed E-state index contributed by atoms with van der Waals surface area (Å²) in [6, 6.07) is 16.1. The molecule has 0 saturated heterocycles. The van der Waals surface area contributed by atoms with Gasteiger partial charge in [0.15, 0.2) is 18.1 Å². The molecule has 2 N–H and O–H groups in total. The van der Waals surface area contributed by atoms with Gasteiger partial charge in [0.05, 0.1) is 18.4 Å². The largest absolute Gasteiger partial charge is 0.490 e. The van der Waals surface area contributed by atoms with Crippen LogP contribution in [0.1, 0.15) is 28.4 Å². The molecule has 0 aliphatic carbocycles. The number of nitrogens with one attached hydrogen (secondary N) is 2. The maximum atomic E-state index is 12.9. The van der Waals surface area contributed by atoms with Crippen molar-refractivity contribution in [3.05, 3.63) is 87.9 Å². The Kier molecular flexibility index (Phi) is 9.07. The van der Waals surface area contributed by atoms with Crippen molar-refractivity contribution in [3.8, 4) is 11.5 Å². The summed E-state index contributed by atoms with van der Waals surface area (Å²) in [6.07, 6.45) is -3.27. The lowest BCUT2D eigenvalue weighted by molar-refractivity contribution is -0.137. The number of hydrogen-bond acceptors (Lipinski definition) is 5. The molecule has 0 radical (unpaired) electrons. The van der Waals surface area contributed by atoms with E-state index >= 15 is 0 Å². The van der Waals surface area contributed by atoms with Crippen molar-refractivity contribution in [1.82, 2.24) is 5.43 Å². The van der Waals surface area contributed by atoms with E-state index in [1.165, 1.54) is 12.3 Å². The number of alkyl halides is 3. The summed E-state index contributed by atoms with van der Waals surface area (Å²) in [5.41, 5.74) is 2.20. The Morgan fingerprint density at radius 3 is 2.42 bits per heavy atom. The molecule has 2 amide bonds. The predicted molar refractivity (Wildman–Crippen MR) is 132 cm³/mol. The van der Waals surface area contributed by atoms with Crippen molar-refractivity contribution in [2.24, 2.45) is 5.10 Å². The summed E-state index contributed by atoms with van der Waals surface area (Å²) in [4.78, 5) is 24.4. The third kappa shape index (κ3) is 7.57. The lowest BCUT2D eigenvalue weighted by Crippen LogP contribution is -2.20. The molecule has 11 heteroatoms. The number of halogens is 4. The minimum absolute atomic E-state index is 0.187. The monoisotopic (exact) mass is 563 g/mol. The molecule has 188 valence electrons. The van der Waals surface area contributed by atoms with E-state index in [0.29, 0.717) is 33.8 Å². The van der Waals surface area contributed by atoms with Gasteiger partial charge in [-0.2, -0.15) is 18.3 Å². The first-order valence-corrected chi connectivity index (χ1v) is 11.4. The van der Waals surface area contributed by atoms with Gasteiger partial charge in [0.25, 0.3) is 11.8 Å². The minimum atomic E-state index is -4.56. The Morgan fingerprint density at radius 1 is 1.00 bits per heavy atom. The van der Waals surface area contributed by atoms with Crippen molar-refractivity contribution in [1.29, 1.82) is 0 Å². The zero-order valence-corrected chi connectivity index (χ0v) is 20.5. The molecule has 0 aliphatic heterocycles.